The van der Waals surface area contributed by atoms with Crippen LogP contribution in [0.15, 0.2) is 0 Å². The van der Waals surface area contributed by atoms with Gasteiger partial charge >= 0.3 is 0 Å². The van der Waals surface area contributed by atoms with E-state index in [0.29, 0.717) is 0 Å². The van der Waals surface area contributed by atoms with Gasteiger partial charge in [-0.3, -0.25) is 10.1 Å². The van der Waals surface area contributed by atoms with Crippen molar-refractivity contribution in [2.24, 2.45) is 5.73 Å². The van der Waals surface area contributed by atoms with Crippen LogP contribution < -0.4 is 11.1 Å². The average molecular weight is 162 g/mol. The van der Waals surface area contributed by atoms with Crippen LogP contribution >= 0.6 is 0 Å². The number of carbonyl (C=O) groups excluding carboxylic acids is 1. The van der Waals surface area contributed by atoms with Crippen LogP contribution in [0.5, 0.6) is 0 Å². The number of rotatable bonds is 5. The molecule has 0 aliphatic heterocycles. The summed E-state index contributed by atoms with van der Waals surface area (Å²) in [6.07, 6.45) is 0. The van der Waals surface area contributed by atoms with Gasteiger partial charge in [-0.25, -0.2) is 0 Å². The Morgan fingerprint density at radius 2 is 2.00 bits per heavy atom. The van der Waals surface area contributed by atoms with Crippen molar-refractivity contribution in [2.45, 2.75) is 12.8 Å². The fourth-order valence-electron chi connectivity index (χ4n) is 0.475. The van der Waals surface area contributed by atoms with E-state index < -0.39 is 11.8 Å². The van der Waals surface area contributed by atoms with Crippen molar-refractivity contribution in [3.63, 3.8) is 0 Å². The van der Waals surface area contributed by atoms with Gasteiger partial charge in [-0.05, 0) is 0 Å². The van der Waals surface area contributed by atoms with E-state index in [1.54, 1.807) is 6.92 Å². The van der Waals surface area contributed by atoms with Gasteiger partial charge in [0.15, 0.2) is 0 Å². The number of hydrogen-bond donors (Lipinski definition) is 2. The lowest BCUT2D eigenvalue weighted by Crippen LogP contribution is -2.49. The molecule has 0 aromatic heterocycles. The van der Waals surface area contributed by atoms with E-state index in [2.05, 4.69) is 5.32 Å². The lowest BCUT2D eigenvalue weighted by atomic mass is 10.5. The fourth-order valence-corrected chi connectivity index (χ4v) is 0.475. The number of ether oxygens (including phenoxy) is 2. The van der Waals surface area contributed by atoms with Gasteiger partial charge in [0.1, 0.15) is 0 Å². The Bertz CT molecular complexity index is 134. The minimum atomic E-state index is -0.935. The first-order valence-electron chi connectivity index (χ1n) is 3.17. The van der Waals surface area contributed by atoms with E-state index in [-0.39, 0.29) is 6.54 Å². The molecule has 0 atom stereocenters. The van der Waals surface area contributed by atoms with Gasteiger partial charge in [-0.1, -0.05) is 0 Å². The molecular weight excluding hydrogens is 148 g/mol. The summed E-state index contributed by atoms with van der Waals surface area (Å²) >= 11 is 0. The molecule has 0 aromatic rings. The molecular formula is C6H14N2O3. The van der Waals surface area contributed by atoms with Gasteiger partial charge in [-0.2, -0.15) is 0 Å². The number of primary amides is 1. The van der Waals surface area contributed by atoms with Crippen LogP contribution in [-0.4, -0.2) is 32.6 Å². The summed E-state index contributed by atoms with van der Waals surface area (Å²) < 4.78 is 9.79. The highest BCUT2D eigenvalue weighted by atomic mass is 16.7. The van der Waals surface area contributed by atoms with E-state index in [0.717, 1.165) is 0 Å². The standard InChI is InChI=1S/C6H14N2O3/c1-6(10-2,11-3)8-4-5(7)9/h8H,4H2,1-3H3,(H2,7,9). The average Bonchev–Trinajstić information content (AvgIpc) is 2.00. The molecule has 0 saturated carbocycles. The van der Waals surface area contributed by atoms with Crippen LogP contribution in [-0.2, 0) is 14.3 Å². The molecule has 0 rings (SSSR count). The first-order chi connectivity index (χ1) is 5.04. The van der Waals surface area contributed by atoms with Gasteiger partial charge in [0.05, 0.1) is 6.54 Å². The Morgan fingerprint density at radius 1 is 1.55 bits per heavy atom. The summed E-state index contributed by atoms with van der Waals surface area (Å²) in [5, 5.41) is 2.68. The molecule has 3 N–H and O–H groups in total. The normalized spacial score (nSPS) is 11.5. The van der Waals surface area contributed by atoms with E-state index in [1.165, 1.54) is 14.2 Å². The van der Waals surface area contributed by atoms with Crippen molar-refractivity contribution in [3.05, 3.63) is 0 Å². The zero-order chi connectivity index (χ0) is 8.91. The van der Waals surface area contributed by atoms with Gasteiger partial charge in [0.2, 0.25) is 11.8 Å². The summed E-state index contributed by atoms with van der Waals surface area (Å²) in [5.41, 5.74) is 4.90. The quantitative estimate of drug-likeness (QED) is 0.510. The molecule has 0 aromatic carbocycles. The summed E-state index contributed by atoms with van der Waals surface area (Å²) in [4.78, 5) is 10.3. The van der Waals surface area contributed by atoms with Gasteiger partial charge < -0.3 is 15.2 Å². The molecule has 1 amide bonds. The molecule has 0 heterocycles. The molecule has 0 bridgehead atoms. The number of carbonyl (C=O) groups is 1. The van der Waals surface area contributed by atoms with Crippen molar-refractivity contribution in [2.75, 3.05) is 20.8 Å². The van der Waals surface area contributed by atoms with E-state index in [4.69, 9.17) is 15.2 Å². The first kappa shape index (κ1) is 10.3. The minimum Gasteiger partial charge on any atom is -0.369 e. The molecule has 0 saturated heterocycles. The van der Waals surface area contributed by atoms with Crippen LogP contribution in [0.2, 0.25) is 0 Å². The number of nitrogens with one attached hydrogen (secondary N) is 1. The van der Waals surface area contributed by atoms with Gasteiger partial charge in [0, 0.05) is 21.1 Å². The van der Waals surface area contributed by atoms with Crippen molar-refractivity contribution in [1.29, 1.82) is 0 Å². The largest absolute Gasteiger partial charge is 0.369 e. The van der Waals surface area contributed by atoms with Gasteiger partial charge in [-0.15, -0.1) is 0 Å². The fraction of sp³-hybridized carbons (Fsp3) is 0.833. The zero-order valence-corrected chi connectivity index (χ0v) is 7.01. The molecule has 11 heavy (non-hydrogen) atoms. The second-order valence-electron chi connectivity index (χ2n) is 2.17. The highest BCUT2D eigenvalue weighted by Gasteiger charge is 2.21. The summed E-state index contributed by atoms with van der Waals surface area (Å²) in [6, 6.07) is 0. The lowest BCUT2D eigenvalue weighted by Gasteiger charge is -2.26. The van der Waals surface area contributed by atoms with E-state index in [1.807, 2.05) is 0 Å². The summed E-state index contributed by atoms with van der Waals surface area (Å²) in [6.45, 7) is 1.67. The van der Waals surface area contributed by atoms with Crippen LogP contribution in [0.25, 0.3) is 0 Å². The SMILES string of the molecule is COC(C)(NCC(N)=O)OC. The Hall–Kier alpha value is -0.650. The smallest absolute Gasteiger partial charge is 0.231 e. The third kappa shape index (κ3) is 3.92. The number of hydrogen-bond acceptors (Lipinski definition) is 4. The number of methoxy groups -OCH3 is 2. The van der Waals surface area contributed by atoms with Crippen LogP contribution in [0, 0.1) is 0 Å². The Balaban J connectivity index is 3.78. The predicted octanol–water partition coefficient (Wildman–Crippen LogP) is -0.972. The molecule has 5 nitrogen and oxygen atoms in total. The maximum absolute atomic E-state index is 10.3. The third-order valence-electron chi connectivity index (χ3n) is 1.36. The molecule has 0 aliphatic rings. The highest BCUT2D eigenvalue weighted by molar-refractivity contribution is 5.75. The Labute approximate surface area is 65.8 Å². The number of amides is 1. The van der Waals surface area contributed by atoms with Crippen molar-refractivity contribution < 1.29 is 14.3 Å². The zero-order valence-electron chi connectivity index (χ0n) is 7.01. The Kier molecular flexibility index (Phi) is 4.02. The topological polar surface area (TPSA) is 73.6 Å². The molecule has 0 fully saturated rings. The Morgan fingerprint density at radius 3 is 2.27 bits per heavy atom. The molecule has 66 valence electrons. The predicted molar refractivity (Wildman–Crippen MR) is 39.6 cm³/mol. The molecule has 0 aliphatic carbocycles. The van der Waals surface area contributed by atoms with Gasteiger partial charge in [0.25, 0.3) is 0 Å². The van der Waals surface area contributed by atoms with Crippen LogP contribution in [0.1, 0.15) is 6.92 Å². The molecule has 5 heteroatoms. The molecule has 0 radical (unpaired) electrons. The monoisotopic (exact) mass is 162 g/mol. The summed E-state index contributed by atoms with van der Waals surface area (Å²) in [5.74, 6) is -1.39. The van der Waals surface area contributed by atoms with E-state index >= 15 is 0 Å². The number of nitrogens with two attached hydrogens (primary N) is 1. The molecule has 0 spiro atoms. The van der Waals surface area contributed by atoms with Crippen LogP contribution in [0.3, 0.4) is 0 Å². The second kappa shape index (κ2) is 4.27. The van der Waals surface area contributed by atoms with Crippen molar-refractivity contribution in [1.82, 2.24) is 5.32 Å². The van der Waals surface area contributed by atoms with Crippen molar-refractivity contribution in [3.8, 4) is 0 Å². The lowest BCUT2D eigenvalue weighted by molar-refractivity contribution is -0.214. The van der Waals surface area contributed by atoms with Crippen LogP contribution in [0.4, 0.5) is 0 Å². The maximum Gasteiger partial charge on any atom is 0.231 e. The maximum atomic E-state index is 10.3. The highest BCUT2D eigenvalue weighted by Crippen LogP contribution is 2.02. The molecule has 0 unspecified atom stereocenters. The second-order valence-corrected chi connectivity index (χ2v) is 2.17. The summed E-state index contributed by atoms with van der Waals surface area (Å²) in [7, 11) is 2.94. The van der Waals surface area contributed by atoms with E-state index in [9.17, 15) is 4.79 Å². The van der Waals surface area contributed by atoms with Crippen molar-refractivity contribution >= 4 is 5.91 Å². The first-order valence-corrected chi connectivity index (χ1v) is 3.17. The minimum absolute atomic E-state index is 0.0260. The third-order valence-corrected chi connectivity index (χ3v) is 1.36.